The molecule has 1 unspecified atom stereocenters. The van der Waals surface area contributed by atoms with Gasteiger partial charge in [-0.3, -0.25) is 4.55 Å². The van der Waals surface area contributed by atoms with Crippen molar-refractivity contribution in [3.05, 3.63) is 11.1 Å². The van der Waals surface area contributed by atoms with Gasteiger partial charge >= 0.3 is 0 Å². The van der Waals surface area contributed by atoms with Gasteiger partial charge in [0.25, 0.3) is 10.1 Å². The fraction of sp³-hybridized carbons (Fsp3) is 0.778. The maximum absolute atomic E-state index is 12.9. The standard InChI is InChI=1S/C27H48O6S/c1-13-14-18-21(32-11)20(28)19(23(22(18)33-12)34(29,30)31)24(26(7,8)15-17(2)3)27(9,10)16-25(4,5)6/h17,24,28H,13-16H2,1-12H3,(H,29,30,31). The Balaban J connectivity index is 4.35. The van der Waals surface area contributed by atoms with Crippen LogP contribution in [0, 0.1) is 22.2 Å². The summed E-state index contributed by atoms with van der Waals surface area (Å²) in [6, 6.07) is 0. The predicted octanol–water partition coefficient (Wildman–Crippen LogP) is 7.23. The van der Waals surface area contributed by atoms with Crippen molar-refractivity contribution in [3.8, 4) is 17.2 Å². The minimum Gasteiger partial charge on any atom is -0.504 e. The van der Waals surface area contributed by atoms with Crippen molar-refractivity contribution < 1.29 is 27.6 Å². The molecule has 0 saturated carbocycles. The van der Waals surface area contributed by atoms with Gasteiger partial charge in [-0.1, -0.05) is 75.7 Å². The second-order valence-electron chi connectivity index (χ2n) is 12.6. The van der Waals surface area contributed by atoms with Crippen LogP contribution in [-0.2, 0) is 16.5 Å². The van der Waals surface area contributed by atoms with Gasteiger partial charge in [-0.05, 0) is 47.3 Å². The van der Waals surface area contributed by atoms with Gasteiger partial charge in [-0.2, -0.15) is 8.42 Å². The number of methoxy groups -OCH3 is 2. The smallest absolute Gasteiger partial charge is 0.298 e. The maximum atomic E-state index is 12.9. The van der Waals surface area contributed by atoms with Crippen molar-refractivity contribution in [2.24, 2.45) is 22.2 Å². The van der Waals surface area contributed by atoms with E-state index in [4.69, 9.17) is 9.47 Å². The van der Waals surface area contributed by atoms with Crippen LogP contribution in [0.2, 0.25) is 0 Å². The molecule has 6 nitrogen and oxygen atoms in total. The molecule has 0 spiro atoms. The van der Waals surface area contributed by atoms with E-state index in [1.807, 2.05) is 6.92 Å². The molecule has 0 radical (unpaired) electrons. The summed E-state index contributed by atoms with van der Waals surface area (Å²) in [6.07, 6.45) is 2.65. The van der Waals surface area contributed by atoms with Crippen LogP contribution in [0.15, 0.2) is 4.90 Å². The van der Waals surface area contributed by atoms with Gasteiger partial charge in [0, 0.05) is 11.1 Å². The van der Waals surface area contributed by atoms with E-state index < -0.39 is 26.9 Å². The number of aromatic hydroxyl groups is 1. The average molecular weight is 501 g/mol. The molecule has 34 heavy (non-hydrogen) atoms. The summed E-state index contributed by atoms with van der Waals surface area (Å²) in [5.74, 6) is -0.0773. The molecule has 0 bridgehead atoms. The molecular formula is C27H48O6S. The SMILES string of the molecule is CCCc1c(OC)c(O)c(C(C(C)(C)CC(C)C)C(C)(C)CC(C)(C)C)c(S(=O)(=O)O)c1OC. The first-order valence-electron chi connectivity index (χ1n) is 12.2. The van der Waals surface area contributed by atoms with Crippen LogP contribution in [0.3, 0.4) is 0 Å². The highest BCUT2D eigenvalue weighted by atomic mass is 32.2. The number of hydrogen-bond donors (Lipinski definition) is 2. The van der Waals surface area contributed by atoms with Crippen molar-refractivity contribution in [1.29, 1.82) is 0 Å². The van der Waals surface area contributed by atoms with Crippen molar-refractivity contribution in [2.45, 2.75) is 106 Å². The first kappa shape index (κ1) is 30.6. The summed E-state index contributed by atoms with van der Waals surface area (Å²) in [7, 11) is -1.90. The van der Waals surface area contributed by atoms with E-state index in [2.05, 4.69) is 62.3 Å². The summed E-state index contributed by atoms with van der Waals surface area (Å²) in [6.45, 7) is 21.1. The normalized spacial score (nSPS) is 14.4. The molecule has 0 aliphatic heterocycles. The molecule has 0 saturated heterocycles. The van der Waals surface area contributed by atoms with Gasteiger partial charge in [0.2, 0.25) is 0 Å². The van der Waals surface area contributed by atoms with E-state index in [1.54, 1.807) is 0 Å². The van der Waals surface area contributed by atoms with E-state index in [9.17, 15) is 18.1 Å². The van der Waals surface area contributed by atoms with E-state index in [0.29, 0.717) is 24.3 Å². The third-order valence-corrected chi connectivity index (χ3v) is 7.33. The number of ether oxygens (including phenoxy) is 2. The largest absolute Gasteiger partial charge is 0.504 e. The van der Waals surface area contributed by atoms with Crippen molar-refractivity contribution in [3.63, 3.8) is 0 Å². The van der Waals surface area contributed by atoms with Gasteiger partial charge < -0.3 is 14.6 Å². The van der Waals surface area contributed by atoms with Crippen LogP contribution in [0.25, 0.3) is 0 Å². The van der Waals surface area contributed by atoms with Crippen LogP contribution in [0.5, 0.6) is 17.2 Å². The Bertz CT molecular complexity index is 953. The third kappa shape index (κ3) is 6.81. The first-order chi connectivity index (χ1) is 15.2. The molecule has 1 aromatic carbocycles. The van der Waals surface area contributed by atoms with Gasteiger partial charge in [0.05, 0.1) is 14.2 Å². The number of phenolic OH excluding ortho intramolecular Hbond substituents is 1. The predicted molar refractivity (Wildman–Crippen MR) is 139 cm³/mol. The molecule has 7 heteroatoms. The van der Waals surface area contributed by atoms with Crippen LogP contribution in [-0.4, -0.2) is 32.3 Å². The zero-order valence-electron chi connectivity index (χ0n) is 23.4. The fourth-order valence-corrected chi connectivity index (χ4v) is 7.58. The second kappa shape index (κ2) is 10.7. The molecule has 0 aromatic heterocycles. The highest BCUT2D eigenvalue weighted by Gasteiger charge is 2.48. The Hall–Kier alpha value is -1.47. The summed E-state index contributed by atoms with van der Waals surface area (Å²) in [4.78, 5) is -0.347. The van der Waals surface area contributed by atoms with E-state index in [0.717, 1.165) is 12.8 Å². The molecule has 0 aliphatic carbocycles. The lowest BCUT2D eigenvalue weighted by Gasteiger charge is -2.49. The van der Waals surface area contributed by atoms with Crippen molar-refractivity contribution >= 4 is 10.1 Å². The fourth-order valence-electron chi connectivity index (χ4n) is 6.65. The Morgan fingerprint density at radius 1 is 0.912 bits per heavy atom. The summed E-state index contributed by atoms with van der Waals surface area (Å²) >= 11 is 0. The molecule has 0 fully saturated rings. The monoisotopic (exact) mass is 500 g/mol. The highest BCUT2D eigenvalue weighted by Crippen LogP contribution is 2.60. The van der Waals surface area contributed by atoms with Gasteiger partial charge in [-0.25, -0.2) is 0 Å². The minimum absolute atomic E-state index is 0.0471. The molecular weight excluding hydrogens is 452 g/mol. The summed E-state index contributed by atoms with van der Waals surface area (Å²) < 4.78 is 47.6. The van der Waals surface area contributed by atoms with Crippen LogP contribution < -0.4 is 9.47 Å². The molecule has 1 atom stereocenters. The van der Waals surface area contributed by atoms with Gasteiger partial charge in [0.1, 0.15) is 10.6 Å². The lowest BCUT2D eigenvalue weighted by Crippen LogP contribution is -2.38. The minimum atomic E-state index is -4.74. The third-order valence-electron chi connectivity index (χ3n) is 6.41. The Kier molecular flexibility index (Phi) is 9.57. The Morgan fingerprint density at radius 3 is 1.76 bits per heavy atom. The highest BCUT2D eigenvalue weighted by molar-refractivity contribution is 7.86. The number of benzene rings is 1. The topological polar surface area (TPSA) is 93.1 Å². The summed E-state index contributed by atoms with van der Waals surface area (Å²) in [5, 5.41) is 11.6. The number of hydrogen-bond acceptors (Lipinski definition) is 5. The van der Waals surface area contributed by atoms with E-state index in [1.165, 1.54) is 14.2 Å². The zero-order valence-corrected chi connectivity index (χ0v) is 24.2. The lowest BCUT2D eigenvalue weighted by molar-refractivity contribution is 0.0749. The molecule has 2 N–H and O–H groups in total. The van der Waals surface area contributed by atoms with Crippen LogP contribution >= 0.6 is 0 Å². The molecule has 0 heterocycles. The molecule has 0 amide bonds. The van der Waals surface area contributed by atoms with Crippen LogP contribution in [0.1, 0.15) is 106 Å². The molecule has 0 aliphatic rings. The number of rotatable bonds is 11. The molecule has 198 valence electrons. The van der Waals surface area contributed by atoms with Crippen LogP contribution in [0.4, 0.5) is 0 Å². The van der Waals surface area contributed by atoms with E-state index in [-0.39, 0.29) is 33.1 Å². The average Bonchev–Trinajstić information content (AvgIpc) is 2.59. The Morgan fingerprint density at radius 2 is 1.41 bits per heavy atom. The van der Waals surface area contributed by atoms with Crippen molar-refractivity contribution in [2.75, 3.05) is 14.2 Å². The van der Waals surface area contributed by atoms with Gasteiger partial charge in [0.15, 0.2) is 11.5 Å². The van der Waals surface area contributed by atoms with Gasteiger partial charge in [-0.15, -0.1) is 0 Å². The lowest BCUT2D eigenvalue weighted by atomic mass is 9.56. The summed E-state index contributed by atoms with van der Waals surface area (Å²) in [5.41, 5.74) is -0.316. The molecule has 1 rings (SSSR count). The van der Waals surface area contributed by atoms with Crippen molar-refractivity contribution in [1.82, 2.24) is 0 Å². The maximum Gasteiger partial charge on any atom is 0.298 e. The van der Waals surface area contributed by atoms with E-state index >= 15 is 0 Å². The zero-order chi connectivity index (χ0) is 26.9. The first-order valence-corrected chi connectivity index (χ1v) is 13.7. The Labute approximate surface area is 208 Å². The quantitative estimate of drug-likeness (QED) is 0.311. The molecule has 1 aromatic rings. The second-order valence-corrected chi connectivity index (χ2v) is 14.0. The number of phenols is 1.